The summed E-state index contributed by atoms with van der Waals surface area (Å²) in [5.74, 6) is -2.07. The smallest absolute Gasteiger partial charge is 0.251 e. The van der Waals surface area contributed by atoms with Crippen molar-refractivity contribution in [3.63, 3.8) is 0 Å². The van der Waals surface area contributed by atoms with Crippen LogP contribution in [0.2, 0.25) is 0 Å². The third kappa shape index (κ3) is 3.68. The van der Waals surface area contributed by atoms with Gasteiger partial charge in [-0.2, -0.15) is 0 Å². The first-order valence-electron chi connectivity index (χ1n) is 6.35. The maximum atomic E-state index is 13.5. The zero-order valence-corrected chi connectivity index (χ0v) is 11.2. The SMILES string of the molecule is NC(=O)c1ccc(NCC(=O)N2CCNC(=O)C2)cc1F. The van der Waals surface area contributed by atoms with Crippen LogP contribution in [0.25, 0.3) is 0 Å². The molecule has 2 rings (SSSR count). The van der Waals surface area contributed by atoms with Crippen LogP contribution in [-0.4, -0.2) is 48.8 Å². The number of carbonyl (C=O) groups excluding carboxylic acids is 3. The number of benzene rings is 1. The number of amides is 3. The highest BCUT2D eigenvalue weighted by Crippen LogP contribution is 2.14. The molecule has 1 saturated heterocycles. The number of primary amides is 1. The van der Waals surface area contributed by atoms with E-state index in [-0.39, 0.29) is 30.5 Å². The summed E-state index contributed by atoms with van der Waals surface area (Å²) in [4.78, 5) is 35.4. The minimum absolute atomic E-state index is 0.0233. The molecule has 1 heterocycles. The van der Waals surface area contributed by atoms with Crippen LogP contribution in [-0.2, 0) is 9.59 Å². The lowest BCUT2D eigenvalue weighted by Gasteiger charge is -2.26. The summed E-state index contributed by atoms with van der Waals surface area (Å²) in [7, 11) is 0. The molecular formula is C13H15FN4O3. The average molecular weight is 294 g/mol. The molecule has 0 unspecified atom stereocenters. The van der Waals surface area contributed by atoms with Crippen LogP contribution >= 0.6 is 0 Å². The second-order valence-corrected chi connectivity index (χ2v) is 4.58. The molecule has 1 aliphatic rings. The number of nitrogens with two attached hydrogens (primary N) is 1. The van der Waals surface area contributed by atoms with E-state index in [9.17, 15) is 18.8 Å². The lowest BCUT2D eigenvalue weighted by molar-refractivity contribution is -0.136. The van der Waals surface area contributed by atoms with Gasteiger partial charge >= 0.3 is 0 Å². The van der Waals surface area contributed by atoms with E-state index in [0.29, 0.717) is 18.8 Å². The minimum Gasteiger partial charge on any atom is -0.376 e. The molecule has 1 aromatic carbocycles. The summed E-state index contributed by atoms with van der Waals surface area (Å²) in [6.07, 6.45) is 0. The van der Waals surface area contributed by atoms with Crippen molar-refractivity contribution in [2.75, 3.05) is 31.5 Å². The van der Waals surface area contributed by atoms with Crippen molar-refractivity contribution in [1.82, 2.24) is 10.2 Å². The van der Waals surface area contributed by atoms with Crippen LogP contribution in [0.15, 0.2) is 18.2 Å². The van der Waals surface area contributed by atoms with Gasteiger partial charge in [0.15, 0.2) is 0 Å². The number of carbonyl (C=O) groups is 3. The number of hydrogen-bond donors (Lipinski definition) is 3. The topological polar surface area (TPSA) is 105 Å². The van der Waals surface area contributed by atoms with Crippen LogP contribution in [0.1, 0.15) is 10.4 Å². The molecule has 21 heavy (non-hydrogen) atoms. The fourth-order valence-electron chi connectivity index (χ4n) is 1.97. The predicted octanol–water partition coefficient (Wildman–Crippen LogP) is -0.705. The number of nitrogens with zero attached hydrogens (tertiary/aromatic N) is 1. The first-order chi connectivity index (χ1) is 9.97. The molecule has 0 atom stereocenters. The Morgan fingerprint density at radius 2 is 2.19 bits per heavy atom. The summed E-state index contributed by atoms with van der Waals surface area (Å²) in [6.45, 7) is 0.825. The highest BCUT2D eigenvalue weighted by Gasteiger charge is 2.20. The minimum atomic E-state index is -0.852. The van der Waals surface area contributed by atoms with E-state index in [0.717, 1.165) is 6.07 Å². The van der Waals surface area contributed by atoms with Crippen molar-refractivity contribution >= 4 is 23.4 Å². The van der Waals surface area contributed by atoms with E-state index < -0.39 is 11.7 Å². The Balaban J connectivity index is 1.93. The lowest BCUT2D eigenvalue weighted by Crippen LogP contribution is -2.51. The fraction of sp³-hybridized carbons (Fsp3) is 0.308. The first kappa shape index (κ1) is 14.8. The molecule has 8 heteroatoms. The van der Waals surface area contributed by atoms with E-state index in [1.54, 1.807) is 0 Å². The van der Waals surface area contributed by atoms with Crippen LogP contribution in [0.5, 0.6) is 0 Å². The summed E-state index contributed by atoms with van der Waals surface area (Å²) in [6, 6.07) is 3.80. The molecule has 7 nitrogen and oxygen atoms in total. The Kier molecular flexibility index (Phi) is 4.36. The Morgan fingerprint density at radius 1 is 1.43 bits per heavy atom. The normalized spacial score (nSPS) is 14.5. The van der Waals surface area contributed by atoms with E-state index >= 15 is 0 Å². The van der Waals surface area contributed by atoms with Crippen molar-refractivity contribution < 1.29 is 18.8 Å². The summed E-state index contributed by atoms with van der Waals surface area (Å²) >= 11 is 0. The highest BCUT2D eigenvalue weighted by atomic mass is 19.1. The summed E-state index contributed by atoms with van der Waals surface area (Å²) in [5.41, 5.74) is 5.14. The fourth-order valence-corrected chi connectivity index (χ4v) is 1.97. The van der Waals surface area contributed by atoms with Gasteiger partial charge in [0, 0.05) is 18.8 Å². The molecule has 0 spiro atoms. The highest BCUT2D eigenvalue weighted by molar-refractivity contribution is 5.93. The van der Waals surface area contributed by atoms with Crippen molar-refractivity contribution in [3.8, 4) is 0 Å². The van der Waals surface area contributed by atoms with Gasteiger partial charge in [-0.05, 0) is 18.2 Å². The van der Waals surface area contributed by atoms with E-state index in [2.05, 4.69) is 10.6 Å². The van der Waals surface area contributed by atoms with Crippen LogP contribution in [0.3, 0.4) is 0 Å². The molecule has 1 aliphatic heterocycles. The number of piperazine rings is 1. The van der Waals surface area contributed by atoms with Crippen molar-refractivity contribution in [2.24, 2.45) is 5.73 Å². The van der Waals surface area contributed by atoms with Crippen LogP contribution < -0.4 is 16.4 Å². The lowest BCUT2D eigenvalue weighted by atomic mass is 10.2. The van der Waals surface area contributed by atoms with Gasteiger partial charge < -0.3 is 21.3 Å². The van der Waals surface area contributed by atoms with Gasteiger partial charge in [-0.3, -0.25) is 14.4 Å². The molecule has 0 bridgehead atoms. The summed E-state index contributed by atoms with van der Waals surface area (Å²) < 4.78 is 13.5. The van der Waals surface area contributed by atoms with Gasteiger partial charge in [-0.25, -0.2) is 4.39 Å². The van der Waals surface area contributed by atoms with Crippen molar-refractivity contribution in [2.45, 2.75) is 0 Å². The van der Waals surface area contributed by atoms with E-state index in [1.165, 1.54) is 17.0 Å². The molecular weight excluding hydrogens is 279 g/mol. The molecule has 0 saturated carbocycles. The number of anilines is 1. The van der Waals surface area contributed by atoms with Crippen LogP contribution in [0.4, 0.5) is 10.1 Å². The molecule has 4 N–H and O–H groups in total. The van der Waals surface area contributed by atoms with Gasteiger partial charge in [0.25, 0.3) is 5.91 Å². The Hall–Kier alpha value is -2.64. The molecule has 3 amide bonds. The standard InChI is InChI=1S/C13H15FN4O3/c14-10-5-8(1-2-9(10)13(15)21)17-6-12(20)18-4-3-16-11(19)7-18/h1-2,5,17H,3-4,6-7H2,(H2,15,21)(H,16,19). The molecule has 0 radical (unpaired) electrons. The average Bonchev–Trinajstić information content (AvgIpc) is 2.44. The molecule has 112 valence electrons. The predicted molar refractivity (Wildman–Crippen MR) is 73.0 cm³/mol. The van der Waals surface area contributed by atoms with Crippen LogP contribution in [0, 0.1) is 5.82 Å². The molecule has 1 fully saturated rings. The largest absolute Gasteiger partial charge is 0.376 e. The summed E-state index contributed by atoms with van der Waals surface area (Å²) in [5, 5.41) is 5.37. The number of nitrogens with one attached hydrogen (secondary N) is 2. The Bertz CT molecular complexity index is 591. The van der Waals surface area contributed by atoms with Gasteiger partial charge in [0.05, 0.1) is 18.7 Å². The van der Waals surface area contributed by atoms with Crippen molar-refractivity contribution in [3.05, 3.63) is 29.6 Å². The maximum absolute atomic E-state index is 13.5. The quantitative estimate of drug-likeness (QED) is 0.682. The zero-order valence-electron chi connectivity index (χ0n) is 11.2. The van der Waals surface area contributed by atoms with Gasteiger partial charge in [-0.1, -0.05) is 0 Å². The van der Waals surface area contributed by atoms with Gasteiger partial charge in [-0.15, -0.1) is 0 Å². The van der Waals surface area contributed by atoms with Gasteiger partial charge in [0.1, 0.15) is 5.82 Å². The second kappa shape index (κ2) is 6.21. The third-order valence-electron chi connectivity index (χ3n) is 3.07. The second-order valence-electron chi connectivity index (χ2n) is 4.58. The molecule has 0 aromatic heterocycles. The number of rotatable bonds is 4. The van der Waals surface area contributed by atoms with Gasteiger partial charge in [0.2, 0.25) is 11.8 Å². The Labute approximate surface area is 120 Å². The Morgan fingerprint density at radius 3 is 2.81 bits per heavy atom. The third-order valence-corrected chi connectivity index (χ3v) is 3.07. The molecule has 0 aliphatic carbocycles. The number of hydrogen-bond acceptors (Lipinski definition) is 4. The van der Waals surface area contributed by atoms with E-state index in [4.69, 9.17) is 5.73 Å². The molecule has 1 aromatic rings. The maximum Gasteiger partial charge on any atom is 0.251 e. The van der Waals surface area contributed by atoms with E-state index in [1.807, 2.05) is 0 Å². The first-order valence-corrected chi connectivity index (χ1v) is 6.35. The monoisotopic (exact) mass is 294 g/mol. The van der Waals surface area contributed by atoms with Crippen molar-refractivity contribution in [1.29, 1.82) is 0 Å². The zero-order chi connectivity index (χ0) is 15.4. The number of halogens is 1.